The number of anilines is 1. The summed E-state index contributed by atoms with van der Waals surface area (Å²) >= 11 is 8.19. The normalized spacial score (nSPS) is 17.9. The van der Waals surface area contributed by atoms with Crippen molar-refractivity contribution in [3.63, 3.8) is 0 Å². The topological polar surface area (TPSA) is 75.7 Å². The molecule has 0 radical (unpaired) electrons. The summed E-state index contributed by atoms with van der Waals surface area (Å²) < 4.78 is 33.9. The monoisotopic (exact) mass is 534 g/mol. The van der Waals surface area contributed by atoms with Gasteiger partial charge >= 0.3 is 0 Å². The predicted octanol–water partition coefficient (Wildman–Crippen LogP) is 3.99. The second kappa shape index (κ2) is 8.98. The highest BCUT2D eigenvalue weighted by atomic mass is 127. The third-order valence-corrected chi connectivity index (χ3v) is 7.45. The molecule has 1 aliphatic rings. The molecule has 1 saturated heterocycles. The fraction of sp³-hybridized carbons (Fsp3) is 0.316. The Balaban J connectivity index is 1.78. The summed E-state index contributed by atoms with van der Waals surface area (Å²) in [5, 5.41) is 3.18. The maximum absolute atomic E-state index is 13.1. The zero-order chi connectivity index (χ0) is 20.3. The van der Waals surface area contributed by atoms with E-state index in [1.54, 1.807) is 6.07 Å². The van der Waals surface area contributed by atoms with E-state index in [1.165, 1.54) is 23.5 Å². The minimum atomic E-state index is -3.83. The molecule has 1 aliphatic heterocycles. The highest BCUT2D eigenvalue weighted by molar-refractivity contribution is 14.1. The van der Waals surface area contributed by atoms with Crippen LogP contribution in [-0.4, -0.2) is 38.8 Å². The van der Waals surface area contributed by atoms with Crippen LogP contribution >= 0.6 is 34.2 Å². The molecule has 2 aromatic carbocycles. The Hall–Kier alpha value is -1.36. The van der Waals surface area contributed by atoms with Crippen LogP contribution in [0, 0.1) is 9.49 Å². The maximum atomic E-state index is 13.1. The van der Waals surface area contributed by atoms with Gasteiger partial charge < -0.3 is 10.1 Å². The number of hydrogen-bond acceptors (Lipinski definition) is 4. The second-order valence-corrected chi connectivity index (χ2v) is 10.1. The zero-order valence-electron chi connectivity index (χ0n) is 15.2. The van der Waals surface area contributed by atoms with E-state index in [0.717, 1.165) is 3.57 Å². The van der Waals surface area contributed by atoms with Gasteiger partial charge in [-0.3, -0.25) is 4.79 Å². The van der Waals surface area contributed by atoms with Crippen LogP contribution in [0.25, 0.3) is 0 Å². The molecular weight excluding hydrogens is 515 g/mol. The van der Waals surface area contributed by atoms with E-state index in [2.05, 4.69) is 27.9 Å². The fourth-order valence-electron chi connectivity index (χ4n) is 3.14. The summed E-state index contributed by atoms with van der Waals surface area (Å²) in [6.45, 7) is 0.472. The van der Waals surface area contributed by atoms with Gasteiger partial charge in [-0.15, -0.1) is 0 Å². The van der Waals surface area contributed by atoms with E-state index >= 15 is 0 Å². The molecule has 1 heterocycles. The lowest BCUT2D eigenvalue weighted by molar-refractivity contribution is -0.120. The summed E-state index contributed by atoms with van der Waals surface area (Å²) in [4.78, 5) is 12.7. The van der Waals surface area contributed by atoms with Crippen LogP contribution in [0.5, 0.6) is 5.75 Å². The largest absolute Gasteiger partial charge is 0.495 e. The lowest BCUT2D eigenvalue weighted by Crippen LogP contribution is -2.43. The first-order valence-electron chi connectivity index (χ1n) is 8.71. The van der Waals surface area contributed by atoms with E-state index in [-0.39, 0.29) is 23.1 Å². The second-order valence-electron chi connectivity index (χ2n) is 6.49. The smallest absolute Gasteiger partial charge is 0.246 e. The number of benzene rings is 2. The minimum absolute atomic E-state index is 0.0150. The number of piperidine rings is 1. The number of amides is 1. The van der Waals surface area contributed by atoms with Crippen molar-refractivity contribution in [2.45, 2.75) is 17.7 Å². The van der Waals surface area contributed by atoms with Crippen LogP contribution in [0.2, 0.25) is 5.02 Å². The molecule has 1 atom stereocenters. The van der Waals surface area contributed by atoms with Crippen LogP contribution in [0.15, 0.2) is 47.4 Å². The average Bonchev–Trinajstić information content (AvgIpc) is 2.69. The molecule has 28 heavy (non-hydrogen) atoms. The molecule has 3 rings (SSSR count). The molecule has 0 bridgehead atoms. The summed E-state index contributed by atoms with van der Waals surface area (Å²) in [7, 11) is -2.42. The number of sulfonamides is 1. The fourth-order valence-corrected chi connectivity index (χ4v) is 5.45. The first-order valence-corrected chi connectivity index (χ1v) is 11.6. The zero-order valence-corrected chi connectivity index (χ0v) is 18.9. The highest BCUT2D eigenvalue weighted by Gasteiger charge is 2.35. The molecule has 1 amide bonds. The highest BCUT2D eigenvalue weighted by Crippen LogP contribution is 2.32. The number of halogens is 2. The summed E-state index contributed by atoms with van der Waals surface area (Å²) in [5.41, 5.74) is 0.696. The van der Waals surface area contributed by atoms with Gasteiger partial charge in [0.15, 0.2) is 0 Å². The number of methoxy groups -OCH3 is 1. The van der Waals surface area contributed by atoms with Gasteiger partial charge in [0.25, 0.3) is 0 Å². The Morgan fingerprint density at radius 2 is 1.96 bits per heavy atom. The average molecular weight is 535 g/mol. The van der Waals surface area contributed by atoms with Crippen molar-refractivity contribution in [3.8, 4) is 5.75 Å². The molecule has 0 aromatic heterocycles. The van der Waals surface area contributed by atoms with Gasteiger partial charge in [0.1, 0.15) is 10.6 Å². The molecule has 9 heteroatoms. The minimum Gasteiger partial charge on any atom is -0.495 e. The maximum Gasteiger partial charge on any atom is 0.246 e. The van der Waals surface area contributed by atoms with Crippen molar-refractivity contribution in [1.29, 1.82) is 0 Å². The number of carbonyl (C=O) groups is 1. The van der Waals surface area contributed by atoms with Gasteiger partial charge in [-0.2, -0.15) is 4.31 Å². The van der Waals surface area contributed by atoms with E-state index in [4.69, 9.17) is 16.3 Å². The van der Waals surface area contributed by atoms with Crippen molar-refractivity contribution in [2.24, 2.45) is 5.92 Å². The van der Waals surface area contributed by atoms with E-state index in [0.29, 0.717) is 30.1 Å². The molecule has 1 fully saturated rings. The Labute approximate surface area is 183 Å². The number of nitrogens with zero attached hydrogens (tertiary/aromatic N) is 1. The SMILES string of the molecule is COc1ccc(Cl)cc1S(=O)(=O)N1CCC[C@@H](C(=O)Nc2ccc(I)cc2)C1. The molecule has 0 unspecified atom stereocenters. The molecule has 0 saturated carbocycles. The van der Waals surface area contributed by atoms with Gasteiger partial charge in [-0.25, -0.2) is 8.42 Å². The van der Waals surface area contributed by atoms with Gasteiger partial charge in [-0.1, -0.05) is 11.6 Å². The Morgan fingerprint density at radius 1 is 1.25 bits per heavy atom. The lowest BCUT2D eigenvalue weighted by atomic mass is 9.99. The third kappa shape index (κ3) is 4.79. The molecule has 150 valence electrons. The Morgan fingerprint density at radius 3 is 2.64 bits per heavy atom. The van der Waals surface area contributed by atoms with Gasteiger partial charge in [0.2, 0.25) is 15.9 Å². The van der Waals surface area contributed by atoms with Crippen molar-refractivity contribution in [3.05, 3.63) is 51.1 Å². The molecule has 2 aromatic rings. The van der Waals surface area contributed by atoms with Crippen molar-refractivity contribution < 1.29 is 17.9 Å². The third-order valence-electron chi connectivity index (χ3n) is 4.61. The Bertz CT molecular complexity index is 966. The molecule has 0 spiro atoms. The summed E-state index contributed by atoms with van der Waals surface area (Å²) in [6, 6.07) is 11.9. The molecular formula is C19H20ClIN2O4S. The van der Waals surface area contributed by atoms with Gasteiger partial charge in [0, 0.05) is 27.4 Å². The van der Waals surface area contributed by atoms with E-state index in [9.17, 15) is 13.2 Å². The summed E-state index contributed by atoms with van der Waals surface area (Å²) in [5.74, 6) is -0.373. The van der Waals surface area contributed by atoms with Crippen molar-refractivity contribution >= 4 is 55.8 Å². The van der Waals surface area contributed by atoms with Crippen LogP contribution in [0.4, 0.5) is 5.69 Å². The molecule has 1 N–H and O–H groups in total. The van der Waals surface area contributed by atoms with Gasteiger partial charge in [-0.05, 0) is 77.9 Å². The standard InChI is InChI=1S/C19H20ClIN2O4S/c1-27-17-9-4-14(20)11-18(17)28(25,26)23-10-2-3-13(12-23)19(24)22-16-7-5-15(21)6-8-16/h4-9,11,13H,2-3,10,12H2,1H3,(H,22,24)/t13-/m1/s1. The van der Waals surface area contributed by atoms with Crippen LogP contribution in [0.1, 0.15) is 12.8 Å². The van der Waals surface area contributed by atoms with E-state index in [1.807, 2.05) is 24.3 Å². The number of carbonyl (C=O) groups excluding carboxylic acids is 1. The first-order chi connectivity index (χ1) is 13.3. The lowest BCUT2D eigenvalue weighted by Gasteiger charge is -2.31. The molecule has 6 nitrogen and oxygen atoms in total. The quantitative estimate of drug-likeness (QED) is 0.589. The van der Waals surface area contributed by atoms with E-state index < -0.39 is 15.9 Å². The Kier molecular flexibility index (Phi) is 6.85. The molecule has 0 aliphatic carbocycles. The number of ether oxygens (including phenoxy) is 1. The van der Waals surface area contributed by atoms with Gasteiger partial charge in [0.05, 0.1) is 13.0 Å². The predicted molar refractivity (Wildman–Crippen MR) is 117 cm³/mol. The first kappa shape index (κ1) is 21.4. The number of rotatable bonds is 5. The van der Waals surface area contributed by atoms with Crippen LogP contribution in [-0.2, 0) is 14.8 Å². The van der Waals surface area contributed by atoms with Crippen LogP contribution < -0.4 is 10.1 Å². The number of nitrogens with one attached hydrogen (secondary N) is 1. The number of hydrogen-bond donors (Lipinski definition) is 1. The van der Waals surface area contributed by atoms with Crippen molar-refractivity contribution in [1.82, 2.24) is 4.31 Å². The van der Waals surface area contributed by atoms with Crippen molar-refractivity contribution in [2.75, 3.05) is 25.5 Å². The van der Waals surface area contributed by atoms with Crippen LogP contribution in [0.3, 0.4) is 0 Å². The summed E-state index contributed by atoms with van der Waals surface area (Å²) in [6.07, 6.45) is 1.24.